The number of carbonyl (C=O) groups is 1. The summed E-state index contributed by atoms with van der Waals surface area (Å²) in [6.45, 7) is 0.466. The fourth-order valence-electron chi connectivity index (χ4n) is 3.66. The summed E-state index contributed by atoms with van der Waals surface area (Å²) in [6.07, 6.45) is 1.37. The molecule has 1 amide bonds. The van der Waals surface area contributed by atoms with Crippen LogP contribution in [0.25, 0.3) is 4.91 Å². The van der Waals surface area contributed by atoms with Crippen molar-refractivity contribution in [3.05, 3.63) is 83.9 Å². The normalized spacial score (nSPS) is 18.9. The molecular weight excluding hydrogens is 428 g/mol. The summed E-state index contributed by atoms with van der Waals surface area (Å²) in [7, 11) is 0.121. The van der Waals surface area contributed by atoms with E-state index in [1.807, 2.05) is 66.7 Å². The molecule has 0 spiro atoms. The zero-order valence-electron chi connectivity index (χ0n) is 17.2. The van der Waals surface area contributed by atoms with Crippen LogP contribution < -0.4 is 24.2 Å². The Morgan fingerprint density at radius 3 is 2.47 bits per heavy atom. The lowest BCUT2D eigenvalue weighted by Gasteiger charge is -2.14. The smallest absolute Gasteiger partial charge is 0.257 e. The van der Waals surface area contributed by atoms with Crippen LogP contribution in [0.2, 0.25) is 0 Å². The Kier molecular flexibility index (Phi) is 5.28. The zero-order valence-corrected chi connectivity index (χ0v) is 18.0. The Hall–Kier alpha value is -3.78. The molecule has 8 heteroatoms. The van der Waals surface area contributed by atoms with Gasteiger partial charge >= 0.3 is 0 Å². The first-order chi connectivity index (χ1) is 15.6. The van der Waals surface area contributed by atoms with E-state index < -0.39 is 11.0 Å². The molecule has 1 unspecified atom stereocenters. The fraction of sp³-hybridized carbons (Fsp3) is 0.125. The second kappa shape index (κ2) is 8.39. The van der Waals surface area contributed by atoms with E-state index >= 15 is 0 Å². The molecule has 0 aromatic heterocycles. The van der Waals surface area contributed by atoms with Crippen LogP contribution in [0.3, 0.4) is 0 Å². The predicted octanol–water partition coefficient (Wildman–Crippen LogP) is 4.17. The Balaban J connectivity index is 1.31. The van der Waals surface area contributed by atoms with Gasteiger partial charge in [0.05, 0.1) is 18.1 Å². The molecule has 0 saturated heterocycles. The van der Waals surface area contributed by atoms with Crippen molar-refractivity contribution in [1.29, 1.82) is 0 Å². The SMILES string of the molecule is COc1ccc(Oc2cccc3c2OC[C@H]3Nc2ccc(C3=CC(=O)NS3=O)cc2)cc1. The molecule has 2 aliphatic heterocycles. The van der Waals surface area contributed by atoms with Gasteiger partial charge in [0.15, 0.2) is 22.5 Å². The summed E-state index contributed by atoms with van der Waals surface area (Å²) >= 11 is 0. The zero-order chi connectivity index (χ0) is 22.1. The van der Waals surface area contributed by atoms with Gasteiger partial charge in [0.2, 0.25) is 0 Å². The lowest BCUT2D eigenvalue weighted by Crippen LogP contribution is -2.16. The molecule has 2 N–H and O–H groups in total. The van der Waals surface area contributed by atoms with E-state index in [0.29, 0.717) is 28.8 Å². The number of ether oxygens (including phenoxy) is 3. The highest BCUT2D eigenvalue weighted by Gasteiger charge is 2.27. The average Bonchev–Trinajstić information content (AvgIpc) is 3.38. The second-order valence-corrected chi connectivity index (χ2v) is 8.46. The lowest BCUT2D eigenvalue weighted by molar-refractivity contribution is -0.114. The van der Waals surface area contributed by atoms with Gasteiger partial charge in [0.25, 0.3) is 5.91 Å². The third-order valence-electron chi connectivity index (χ3n) is 5.23. The minimum atomic E-state index is -1.50. The number of nitrogens with one attached hydrogen (secondary N) is 2. The fourth-order valence-corrected chi connectivity index (χ4v) is 4.58. The predicted molar refractivity (Wildman–Crippen MR) is 122 cm³/mol. The number of amides is 1. The van der Waals surface area contributed by atoms with E-state index in [2.05, 4.69) is 10.0 Å². The first kappa shape index (κ1) is 20.1. The number of rotatable bonds is 6. The standard InChI is InChI=1S/C24H20N2O5S/c1-29-17-9-11-18(12-10-17)31-21-4-2-3-19-20(14-30-24(19)21)25-16-7-5-15(6-8-16)22-13-23(27)26-32(22)28/h2-13,20,25H,14H2,1H3,(H,26,27)/t20-,32?/m1/s1. The number of benzene rings is 3. The van der Waals surface area contributed by atoms with Crippen molar-refractivity contribution in [2.45, 2.75) is 6.04 Å². The number of fused-ring (bicyclic) bond motifs is 1. The maximum Gasteiger partial charge on any atom is 0.257 e. The number of carbonyl (C=O) groups excluding carboxylic acids is 1. The molecular formula is C24H20N2O5S. The van der Waals surface area contributed by atoms with Crippen LogP contribution in [0.1, 0.15) is 17.2 Å². The highest BCUT2D eigenvalue weighted by Crippen LogP contribution is 2.43. The molecule has 162 valence electrons. The summed E-state index contributed by atoms with van der Waals surface area (Å²) in [5, 5.41) is 3.47. The summed E-state index contributed by atoms with van der Waals surface area (Å²) in [4.78, 5) is 11.9. The molecule has 0 fully saturated rings. The molecule has 5 rings (SSSR count). The maximum absolute atomic E-state index is 11.9. The van der Waals surface area contributed by atoms with E-state index in [-0.39, 0.29) is 11.9 Å². The number of anilines is 1. The molecule has 0 saturated carbocycles. The highest BCUT2D eigenvalue weighted by atomic mass is 32.2. The average molecular weight is 449 g/mol. The topological polar surface area (TPSA) is 85.9 Å². The third kappa shape index (κ3) is 3.92. The summed E-state index contributed by atoms with van der Waals surface area (Å²) in [5.74, 6) is 2.49. The number of methoxy groups -OCH3 is 1. The molecule has 32 heavy (non-hydrogen) atoms. The van der Waals surface area contributed by atoms with Crippen LogP contribution in [0.5, 0.6) is 23.0 Å². The third-order valence-corrected chi connectivity index (χ3v) is 6.37. The van der Waals surface area contributed by atoms with Gasteiger partial charge in [0, 0.05) is 17.3 Å². The Morgan fingerprint density at radius 2 is 1.78 bits per heavy atom. The monoisotopic (exact) mass is 448 g/mol. The molecule has 3 aromatic rings. The van der Waals surface area contributed by atoms with Crippen molar-refractivity contribution in [3.8, 4) is 23.0 Å². The minimum Gasteiger partial charge on any atom is -0.497 e. The summed E-state index contributed by atoms with van der Waals surface area (Å²) < 4.78 is 31.5. The highest BCUT2D eigenvalue weighted by molar-refractivity contribution is 7.93. The lowest BCUT2D eigenvalue weighted by atomic mass is 10.1. The largest absolute Gasteiger partial charge is 0.497 e. The van der Waals surface area contributed by atoms with Crippen LogP contribution in [0.15, 0.2) is 72.8 Å². The second-order valence-electron chi connectivity index (χ2n) is 7.28. The van der Waals surface area contributed by atoms with Crippen LogP contribution in [0.4, 0.5) is 5.69 Å². The Labute approximate surface area is 187 Å². The van der Waals surface area contributed by atoms with Gasteiger partial charge in [-0.2, -0.15) is 0 Å². The Bertz CT molecular complexity index is 1220. The van der Waals surface area contributed by atoms with Crippen molar-refractivity contribution < 1.29 is 23.2 Å². The van der Waals surface area contributed by atoms with Gasteiger partial charge in [-0.05, 0) is 48.0 Å². The van der Waals surface area contributed by atoms with Gasteiger partial charge in [0.1, 0.15) is 18.1 Å². The van der Waals surface area contributed by atoms with Crippen molar-refractivity contribution in [2.24, 2.45) is 0 Å². The number of para-hydroxylation sites is 1. The minimum absolute atomic E-state index is 0.0432. The summed E-state index contributed by atoms with van der Waals surface area (Å²) in [5.41, 5.74) is 2.64. The van der Waals surface area contributed by atoms with E-state index in [0.717, 1.165) is 22.6 Å². The molecule has 2 atom stereocenters. The van der Waals surface area contributed by atoms with Crippen LogP contribution in [-0.4, -0.2) is 23.8 Å². The van der Waals surface area contributed by atoms with Crippen molar-refractivity contribution in [3.63, 3.8) is 0 Å². The van der Waals surface area contributed by atoms with Gasteiger partial charge in [-0.3, -0.25) is 9.52 Å². The maximum atomic E-state index is 11.9. The molecule has 0 bridgehead atoms. The van der Waals surface area contributed by atoms with Crippen molar-refractivity contribution in [2.75, 3.05) is 19.0 Å². The molecule has 2 heterocycles. The van der Waals surface area contributed by atoms with E-state index in [9.17, 15) is 9.00 Å². The van der Waals surface area contributed by atoms with Crippen LogP contribution >= 0.6 is 0 Å². The summed E-state index contributed by atoms with van der Waals surface area (Å²) in [6, 6.07) is 20.6. The van der Waals surface area contributed by atoms with Crippen molar-refractivity contribution in [1.82, 2.24) is 4.72 Å². The number of hydrogen-bond donors (Lipinski definition) is 2. The molecule has 0 aliphatic carbocycles. The van der Waals surface area contributed by atoms with Gasteiger partial charge in [-0.25, -0.2) is 4.21 Å². The van der Waals surface area contributed by atoms with Crippen molar-refractivity contribution >= 4 is 27.5 Å². The van der Waals surface area contributed by atoms with Gasteiger partial charge < -0.3 is 19.5 Å². The first-order valence-electron chi connectivity index (χ1n) is 9.99. The Morgan fingerprint density at radius 1 is 1.03 bits per heavy atom. The van der Waals surface area contributed by atoms with E-state index in [1.54, 1.807) is 7.11 Å². The van der Waals surface area contributed by atoms with Crippen LogP contribution in [-0.2, 0) is 15.8 Å². The van der Waals surface area contributed by atoms with Gasteiger partial charge in [-0.15, -0.1) is 0 Å². The van der Waals surface area contributed by atoms with E-state index in [4.69, 9.17) is 14.2 Å². The molecule has 2 aliphatic rings. The quantitative estimate of drug-likeness (QED) is 0.589. The molecule has 7 nitrogen and oxygen atoms in total. The number of hydrogen-bond acceptors (Lipinski definition) is 6. The van der Waals surface area contributed by atoms with E-state index in [1.165, 1.54) is 6.08 Å². The molecule has 3 aromatic carbocycles. The first-order valence-corrected chi connectivity index (χ1v) is 11.1. The van der Waals surface area contributed by atoms with Crippen LogP contribution in [0, 0.1) is 0 Å². The molecule has 0 radical (unpaired) electrons. The van der Waals surface area contributed by atoms with Gasteiger partial charge in [-0.1, -0.05) is 24.3 Å².